The molecule has 1 fully saturated rings. The molecule has 0 bridgehead atoms. The van der Waals surface area contributed by atoms with E-state index in [1.54, 1.807) is 0 Å². The van der Waals surface area contributed by atoms with Gasteiger partial charge in [0.05, 0.1) is 12.1 Å². The van der Waals surface area contributed by atoms with E-state index >= 15 is 0 Å². The average Bonchev–Trinajstić information content (AvgIpc) is 2.41. The second-order valence-electron chi connectivity index (χ2n) is 5.26. The molecule has 2 atom stereocenters. The van der Waals surface area contributed by atoms with Gasteiger partial charge < -0.3 is 10.0 Å². The predicted octanol–water partition coefficient (Wildman–Crippen LogP) is 2.74. The van der Waals surface area contributed by atoms with Crippen LogP contribution < -0.4 is 4.90 Å². The second kappa shape index (κ2) is 6.06. The Labute approximate surface area is 119 Å². The molecule has 1 heterocycles. The van der Waals surface area contributed by atoms with Crippen molar-refractivity contribution >= 4 is 17.4 Å². The number of likely N-dealkylation sites (N-methyl/N-ethyl adjacent to an activating group) is 1. The first-order chi connectivity index (χ1) is 9.04. The van der Waals surface area contributed by atoms with E-state index in [9.17, 15) is 5.11 Å². The fourth-order valence-corrected chi connectivity index (χ4v) is 2.90. The Kier molecular flexibility index (Phi) is 4.63. The Morgan fingerprint density at radius 2 is 2.00 bits per heavy atom. The van der Waals surface area contributed by atoms with Crippen LogP contribution in [-0.4, -0.2) is 34.3 Å². The average molecular weight is 284 g/mol. The lowest BCUT2D eigenvalue weighted by molar-refractivity contribution is 0.106. The van der Waals surface area contributed by atoms with Crippen LogP contribution in [-0.2, 0) is 6.42 Å². The Morgan fingerprint density at radius 1 is 1.32 bits per heavy atom. The molecule has 0 aliphatic heterocycles. The Hall–Kier alpha value is -0.870. The molecule has 106 valence electrons. The first-order valence-corrected chi connectivity index (χ1v) is 7.36. The molecule has 1 aromatic heterocycles. The molecule has 4 nitrogen and oxygen atoms in total. The van der Waals surface area contributed by atoms with E-state index in [2.05, 4.69) is 14.9 Å². The Balaban J connectivity index is 2.31. The van der Waals surface area contributed by atoms with Crippen LogP contribution in [0, 0.1) is 6.92 Å². The lowest BCUT2D eigenvalue weighted by Gasteiger charge is -2.36. The van der Waals surface area contributed by atoms with Crippen LogP contribution in [0.4, 0.5) is 5.82 Å². The third-order valence-corrected chi connectivity index (χ3v) is 4.32. The second-order valence-corrected chi connectivity index (χ2v) is 5.62. The quantitative estimate of drug-likeness (QED) is 0.867. The Bertz CT molecular complexity index is 453. The smallest absolute Gasteiger partial charge is 0.137 e. The molecular formula is C14H22ClN3O. The topological polar surface area (TPSA) is 49.2 Å². The molecule has 0 amide bonds. The summed E-state index contributed by atoms with van der Waals surface area (Å²) >= 11 is 6.18. The number of anilines is 1. The first kappa shape index (κ1) is 14.5. The summed E-state index contributed by atoms with van der Waals surface area (Å²) in [6, 6.07) is 0.128. The molecule has 1 N–H and O–H groups in total. The van der Waals surface area contributed by atoms with E-state index in [-0.39, 0.29) is 12.1 Å². The van der Waals surface area contributed by atoms with Crippen LogP contribution in [0.25, 0.3) is 0 Å². The monoisotopic (exact) mass is 283 g/mol. The van der Waals surface area contributed by atoms with Gasteiger partial charge in [0.2, 0.25) is 0 Å². The minimum absolute atomic E-state index is 0.128. The van der Waals surface area contributed by atoms with E-state index in [1.807, 2.05) is 20.9 Å². The van der Waals surface area contributed by atoms with Crippen molar-refractivity contribution in [3.05, 3.63) is 16.5 Å². The van der Waals surface area contributed by atoms with Gasteiger partial charge in [0.1, 0.15) is 16.8 Å². The molecule has 2 rings (SSSR count). The van der Waals surface area contributed by atoms with E-state index in [0.717, 1.165) is 49.3 Å². The van der Waals surface area contributed by atoms with Crippen LogP contribution >= 0.6 is 11.6 Å². The molecule has 5 heteroatoms. The molecule has 1 aromatic rings. The molecular weight excluding hydrogens is 262 g/mol. The summed E-state index contributed by atoms with van der Waals surface area (Å²) in [5, 5.41) is 10.7. The third kappa shape index (κ3) is 3.00. The SMILES string of the molecule is CCc1nc(Cl)c(C)c(N(C)C2CCCCC2O)n1. The molecule has 0 spiro atoms. The van der Waals surface area contributed by atoms with E-state index in [1.165, 1.54) is 0 Å². The van der Waals surface area contributed by atoms with Crippen molar-refractivity contribution in [2.45, 2.75) is 58.1 Å². The van der Waals surface area contributed by atoms with Crippen molar-refractivity contribution in [1.82, 2.24) is 9.97 Å². The predicted molar refractivity (Wildman–Crippen MR) is 77.8 cm³/mol. The summed E-state index contributed by atoms with van der Waals surface area (Å²) in [5.41, 5.74) is 0.888. The van der Waals surface area contributed by atoms with Gasteiger partial charge in [-0.2, -0.15) is 0 Å². The molecule has 19 heavy (non-hydrogen) atoms. The van der Waals surface area contributed by atoms with E-state index < -0.39 is 0 Å². The molecule has 1 aliphatic carbocycles. The van der Waals surface area contributed by atoms with Gasteiger partial charge in [0.15, 0.2) is 0 Å². The van der Waals surface area contributed by atoms with Crippen LogP contribution in [0.1, 0.15) is 44.0 Å². The highest BCUT2D eigenvalue weighted by atomic mass is 35.5. The molecule has 1 saturated carbocycles. The zero-order valence-corrected chi connectivity index (χ0v) is 12.6. The highest BCUT2D eigenvalue weighted by Gasteiger charge is 2.28. The molecule has 2 unspecified atom stereocenters. The molecule has 1 aliphatic rings. The van der Waals surface area contributed by atoms with Gasteiger partial charge in [0.25, 0.3) is 0 Å². The van der Waals surface area contributed by atoms with Crippen LogP contribution in [0.5, 0.6) is 0 Å². The van der Waals surface area contributed by atoms with Crippen molar-refractivity contribution in [3.63, 3.8) is 0 Å². The summed E-state index contributed by atoms with van der Waals surface area (Å²) in [6.07, 6.45) is 4.61. The summed E-state index contributed by atoms with van der Waals surface area (Å²) in [6.45, 7) is 3.95. The van der Waals surface area contributed by atoms with Crippen molar-refractivity contribution in [2.75, 3.05) is 11.9 Å². The molecule has 0 aromatic carbocycles. The number of nitrogens with zero attached hydrogens (tertiary/aromatic N) is 3. The van der Waals surface area contributed by atoms with E-state index in [0.29, 0.717) is 5.15 Å². The van der Waals surface area contributed by atoms with Crippen molar-refractivity contribution < 1.29 is 5.11 Å². The largest absolute Gasteiger partial charge is 0.391 e. The molecule has 0 radical (unpaired) electrons. The maximum atomic E-state index is 10.2. The number of aromatic nitrogens is 2. The van der Waals surface area contributed by atoms with Crippen LogP contribution in [0.2, 0.25) is 5.15 Å². The highest BCUT2D eigenvalue weighted by Crippen LogP contribution is 2.29. The third-order valence-electron chi connectivity index (χ3n) is 3.95. The summed E-state index contributed by atoms with van der Waals surface area (Å²) in [7, 11) is 1.99. The number of hydrogen-bond acceptors (Lipinski definition) is 4. The number of hydrogen-bond donors (Lipinski definition) is 1. The van der Waals surface area contributed by atoms with Gasteiger partial charge in [-0.3, -0.25) is 0 Å². The van der Waals surface area contributed by atoms with Gasteiger partial charge in [-0.25, -0.2) is 9.97 Å². The molecule has 0 saturated heterocycles. The van der Waals surface area contributed by atoms with E-state index in [4.69, 9.17) is 11.6 Å². The van der Waals surface area contributed by atoms with Crippen molar-refractivity contribution in [1.29, 1.82) is 0 Å². The van der Waals surface area contributed by atoms with Gasteiger partial charge in [0, 0.05) is 19.0 Å². The van der Waals surface area contributed by atoms with Crippen LogP contribution in [0.3, 0.4) is 0 Å². The summed E-state index contributed by atoms with van der Waals surface area (Å²) in [5.74, 6) is 1.60. The summed E-state index contributed by atoms with van der Waals surface area (Å²) < 4.78 is 0. The van der Waals surface area contributed by atoms with Gasteiger partial charge in [-0.05, 0) is 19.8 Å². The number of halogens is 1. The number of aliphatic hydroxyl groups excluding tert-OH is 1. The maximum Gasteiger partial charge on any atom is 0.137 e. The number of aryl methyl sites for hydroxylation is 1. The lowest BCUT2D eigenvalue weighted by Crippen LogP contribution is -2.44. The number of rotatable bonds is 3. The lowest BCUT2D eigenvalue weighted by atomic mass is 9.91. The van der Waals surface area contributed by atoms with Gasteiger partial charge in [-0.15, -0.1) is 0 Å². The van der Waals surface area contributed by atoms with Gasteiger partial charge >= 0.3 is 0 Å². The zero-order chi connectivity index (χ0) is 14.0. The fraction of sp³-hybridized carbons (Fsp3) is 0.714. The maximum absolute atomic E-state index is 10.2. The fourth-order valence-electron chi connectivity index (χ4n) is 2.72. The zero-order valence-electron chi connectivity index (χ0n) is 11.9. The minimum Gasteiger partial charge on any atom is -0.391 e. The van der Waals surface area contributed by atoms with Crippen molar-refractivity contribution in [3.8, 4) is 0 Å². The summed E-state index contributed by atoms with van der Waals surface area (Å²) in [4.78, 5) is 10.9. The first-order valence-electron chi connectivity index (χ1n) is 6.98. The number of aliphatic hydroxyl groups is 1. The van der Waals surface area contributed by atoms with Crippen molar-refractivity contribution in [2.24, 2.45) is 0 Å². The van der Waals surface area contributed by atoms with Gasteiger partial charge in [-0.1, -0.05) is 31.4 Å². The standard InChI is InChI=1S/C14H22ClN3O/c1-4-12-16-13(15)9(2)14(17-12)18(3)10-7-5-6-8-11(10)19/h10-11,19H,4-8H2,1-3H3. The minimum atomic E-state index is -0.281. The highest BCUT2D eigenvalue weighted by molar-refractivity contribution is 6.30. The Morgan fingerprint density at radius 3 is 2.63 bits per heavy atom. The van der Waals surface area contributed by atoms with Crippen LogP contribution in [0.15, 0.2) is 0 Å². The normalized spacial score (nSPS) is 23.4.